The van der Waals surface area contributed by atoms with Crippen molar-refractivity contribution in [2.24, 2.45) is 11.6 Å². The summed E-state index contributed by atoms with van der Waals surface area (Å²) in [6, 6.07) is 3.81. The van der Waals surface area contributed by atoms with Crippen molar-refractivity contribution < 1.29 is 14.0 Å². The summed E-state index contributed by atoms with van der Waals surface area (Å²) in [4.78, 5) is 9.08. The average molecular weight is 444 g/mol. The molecule has 1 saturated carbocycles. The van der Waals surface area contributed by atoms with Gasteiger partial charge >= 0.3 is 0 Å². The lowest BCUT2D eigenvalue weighted by molar-refractivity contribution is 0.153. The molecule has 1 unspecified atom stereocenters. The number of aryl methyl sites for hydroxylation is 1. The van der Waals surface area contributed by atoms with E-state index in [1.54, 1.807) is 7.05 Å². The number of pyridine rings is 1. The van der Waals surface area contributed by atoms with E-state index in [9.17, 15) is 0 Å². The Balaban J connectivity index is 1.44. The SMILES string of the molecule is Cc1nc(/C(N)=C(\CNc2noc(C3CCOC3)n2)N(C)N)ccc1OC1CCCCC1. The molecule has 32 heavy (non-hydrogen) atoms. The summed E-state index contributed by atoms with van der Waals surface area (Å²) < 4.78 is 16.9. The van der Waals surface area contributed by atoms with E-state index in [1.165, 1.54) is 24.3 Å². The van der Waals surface area contributed by atoms with Crippen LogP contribution in [-0.2, 0) is 4.74 Å². The van der Waals surface area contributed by atoms with Crippen LogP contribution in [0.15, 0.2) is 22.4 Å². The van der Waals surface area contributed by atoms with Crippen LogP contribution in [0.1, 0.15) is 61.7 Å². The molecule has 10 nitrogen and oxygen atoms in total. The first-order valence-electron chi connectivity index (χ1n) is 11.3. The predicted octanol–water partition coefficient (Wildman–Crippen LogP) is 2.53. The smallest absolute Gasteiger partial charge is 0.263 e. The Bertz CT molecular complexity index is 931. The minimum atomic E-state index is 0.150. The van der Waals surface area contributed by atoms with E-state index in [4.69, 9.17) is 25.6 Å². The van der Waals surface area contributed by atoms with Gasteiger partial charge in [-0.1, -0.05) is 6.42 Å². The van der Waals surface area contributed by atoms with Crippen LogP contribution in [0.5, 0.6) is 5.75 Å². The second-order valence-electron chi connectivity index (χ2n) is 8.50. The first-order valence-corrected chi connectivity index (χ1v) is 11.3. The van der Waals surface area contributed by atoms with Crippen molar-refractivity contribution in [1.29, 1.82) is 0 Å². The molecule has 174 valence electrons. The highest BCUT2D eigenvalue weighted by Gasteiger charge is 2.24. The Morgan fingerprint density at radius 1 is 1.22 bits per heavy atom. The Morgan fingerprint density at radius 3 is 2.72 bits per heavy atom. The lowest BCUT2D eigenvalue weighted by Gasteiger charge is -2.24. The van der Waals surface area contributed by atoms with E-state index < -0.39 is 0 Å². The molecule has 0 bridgehead atoms. The third kappa shape index (κ3) is 5.31. The van der Waals surface area contributed by atoms with Crippen molar-refractivity contribution >= 4 is 11.6 Å². The molecule has 4 rings (SSSR count). The summed E-state index contributed by atoms with van der Waals surface area (Å²) >= 11 is 0. The first kappa shape index (κ1) is 22.3. The van der Waals surface area contributed by atoms with Crippen LogP contribution in [0.4, 0.5) is 5.95 Å². The van der Waals surface area contributed by atoms with Crippen LogP contribution in [0, 0.1) is 6.92 Å². The Hall–Kier alpha value is -2.85. The maximum absolute atomic E-state index is 6.45. The summed E-state index contributed by atoms with van der Waals surface area (Å²) in [6.45, 7) is 3.58. The number of rotatable bonds is 8. The molecule has 0 aromatic carbocycles. The first-order chi connectivity index (χ1) is 15.5. The molecule has 1 saturated heterocycles. The summed E-state index contributed by atoms with van der Waals surface area (Å²) in [5, 5.41) is 8.60. The van der Waals surface area contributed by atoms with Crippen molar-refractivity contribution in [2.45, 2.75) is 57.5 Å². The topological polar surface area (TPSA) is 138 Å². The van der Waals surface area contributed by atoms with Gasteiger partial charge < -0.3 is 30.1 Å². The van der Waals surface area contributed by atoms with Crippen molar-refractivity contribution in [3.8, 4) is 5.75 Å². The molecule has 0 spiro atoms. The summed E-state index contributed by atoms with van der Waals surface area (Å²) in [5.74, 6) is 7.98. The Labute approximate surface area is 188 Å². The summed E-state index contributed by atoms with van der Waals surface area (Å²) in [7, 11) is 1.73. The molecule has 0 radical (unpaired) electrons. The zero-order valence-electron chi connectivity index (χ0n) is 18.8. The number of nitrogens with one attached hydrogen (secondary N) is 1. The molecule has 2 aliphatic rings. The highest BCUT2D eigenvalue weighted by molar-refractivity contribution is 5.64. The number of hydrogen-bond acceptors (Lipinski definition) is 10. The van der Waals surface area contributed by atoms with Gasteiger partial charge in [-0.15, -0.1) is 0 Å². The molecule has 10 heteroatoms. The summed E-state index contributed by atoms with van der Waals surface area (Å²) in [5.41, 5.74) is 9.03. The number of ether oxygens (including phenoxy) is 2. The number of nitrogens with two attached hydrogens (primary N) is 2. The highest BCUT2D eigenvalue weighted by atomic mass is 16.5. The van der Waals surface area contributed by atoms with Crippen LogP contribution < -0.4 is 21.6 Å². The predicted molar refractivity (Wildman–Crippen MR) is 120 cm³/mol. The second kappa shape index (κ2) is 10.2. The maximum Gasteiger partial charge on any atom is 0.263 e. The standard InChI is InChI=1S/C22H33N7O3/c1-14-19(31-16-6-4-3-5-7-16)9-8-17(26-14)20(23)18(29(2)24)12-25-22-27-21(32-28-22)15-10-11-30-13-15/h8-9,15-16H,3-7,10-13,23-24H2,1-2H3,(H,25,28)/b20-18-. The van der Waals surface area contributed by atoms with E-state index in [2.05, 4.69) is 20.4 Å². The molecular weight excluding hydrogens is 410 g/mol. The fraction of sp³-hybridized carbons (Fsp3) is 0.591. The van der Waals surface area contributed by atoms with Gasteiger partial charge in [0.25, 0.3) is 5.95 Å². The number of aromatic nitrogens is 3. The van der Waals surface area contributed by atoms with Crippen LogP contribution in [0.2, 0.25) is 0 Å². The molecular formula is C22H33N7O3. The van der Waals surface area contributed by atoms with Gasteiger partial charge in [-0.05, 0) is 56.3 Å². The van der Waals surface area contributed by atoms with Gasteiger partial charge in [-0.2, -0.15) is 4.98 Å². The van der Waals surface area contributed by atoms with E-state index in [0.717, 1.165) is 30.7 Å². The molecule has 1 atom stereocenters. The molecule has 1 aliphatic carbocycles. The average Bonchev–Trinajstić information content (AvgIpc) is 3.47. The van der Waals surface area contributed by atoms with Crippen LogP contribution in [0.25, 0.3) is 5.70 Å². The number of nitrogens with zero attached hydrogens (tertiary/aromatic N) is 4. The van der Waals surface area contributed by atoms with Crippen molar-refractivity contribution in [2.75, 3.05) is 32.1 Å². The van der Waals surface area contributed by atoms with Gasteiger partial charge in [0.05, 0.1) is 48.0 Å². The molecule has 2 aromatic rings. The molecule has 1 aliphatic heterocycles. The third-order valence-corrected chi connectivity index (χ3v) is 6.03. The van der Waals surface area contributed by atoms with Gasteiger partial charge in [-0.3, -0.25) is 0 Å². The van der Waals surface area contributed by atoms with Gasteiger partial charge in [0.15, 0.2) is 0 Å². The fourth-order valence-electron chi connectivity index (χ4n) is 4.11. The normalized spacial score (nSPS) is 20.2. The Kier molecular flexibility index (Phi) is 7.11. The van der Waals surface area contributed by atoms with Crippen molar-refractivity contribution in [3.05, 3.63) is 35.1 Å². The quantitative estimate of drug-likeness (QED) is 0.412. The van der Waals surface area contributed by atoms with Crippen LogP contribution in [0.3, 0.4) is 0 Å². The van der Waals surface area contributed by atoms with Gasteiger partial charge in [0, 0.05) is 13.7 Å². The van der Waals surface area contributed by atoms with Crippen molar-refractivity contribution in [1.82, 2.24) is 20.1 Å². The van der Waals surface area contributed by atoms with E-state index in [-0.39, 0.29) is 12.0 Å². The molecule has 3 heterocycles. The van der Waals surface area contributed by atoms with Gasteiger partial charge in [0.2, 0.25) is 5.89 Å². The minimum absolute atomic E-state index is 0.150. The van der Waals surface area contributed by atoms with Gasteiger partial charge in [0.1, 0.15) is 5.75 Å². The molecule has 0 amide bonds. The lowest BCUT2D eigenvalue weighted by atomic mass is 9.98. The van der Waals surface area contributed by atoms with E-state index in [1.807, 2.05) is 19.1 Å². The van der Waals surface area contributed by atoms with Crippen LogP contribution in [-0.4, -0.2) is 53.0 Å². The van der Waals surface area contributed by atoms with E-state index in [0.29, 0.717) is 48.7 Å². The zero-order chi connectivity index (χ0) is 22.5. The number of anilines is 1. The van der Waals surface area contributed by atoms with Crippen molar-refractivity contribution in [3.63, 3.8) is 0 Å². The lowest BCUT2D eigenvalue weighted by Crippen LogP contribution is -2.32. The molecule has 2 fully saturated rings. The highest BCUT2D eigenvalue weighted by Crippen LogP contribution is 2.27. The maximum atomic E-state index is 6.45. The van der Waals surface area contributed by atoms with E-state index >= 15 is 0 Å². The third-order valence-electron chi connectivity index (χ3n) is 6.03. The minimum Gasteiger partial charge on any atom is -0.489 e. The zero-order valence-corrected chi connectivity index (χ0v) is 18.8. The number of hydrazine groups is 1. The monoisotopic (exact) mass is 443 g/mol. The Morgan fingerprint density at radius 2 is 2.03 bits per heavy atom. The van der Waals surface area contributed by atoms with Crippen LogP contribution >= 0.6 is 0 Å². The fourth-order valence-corrected chi connectivity index (χ4v) is 4.11. The van der Waals surface area contributed by atoms with Gasteiger partial charge in [-0.25, -0.2) is 10.8 Å². The molecule has 2 aromatic heterocycles. The second-order valence-corrected chi connectivity index (χ2v) is 8.50. The largest absolute Gasteiger partial charge is 0.489 e. The summed E-state index contributed by atoms with van der Waals surface area (Å²) in [6.07, 6.45) is 7.09. The number of hydrogen-bond donors (Lipinski definition) is 3. The molecule has 5 N–H and O–H groups in total. The number of likely N-dealkylation sites (N-methyl/N-ethyl adjacent to an activating group) is 1.